The molecule has 0 saturated carbocycles. The maximum atomic E-state index is 11.0. The molecule has 0 saturated heterocycles. The van der Waals surface area contributed by atoms with Crippen LogP contribution >= 0.6 is 11.3 Å². The Morgan fingerprint density at radius 1 is 1.53 bits per heavy atom. The van der Waals surface area contributed by atoms with E-state index in [0.29, 0.717) is 10.8 Å². The molecule has 1 N–H and O–H groups in total. The number of hydrogen-bond donors (Lipinski definition) is 1. The third-order valence-electron chi connectivity index (χ3n) is 2.34. The molecule has 0 aliphatic heterocycles. The largest absolute Gasteiger partial charge is 0.477 e. The van der Waals surface area contributed by atoms with E-state index in [-0.39, 0.29) is 5.41 Å². The van der Waals surface area contributed by atoms with Crippen LogP contribution in [0.25, 0.3) is 0 Å². The molecule has 15 heavy (non-hydrogen) atoms. The van der Waals surface area contributed by atoms with E-state index in [1.54, 1.807) is 0 Å². The molecule has 3 heteroatoms. The summed E-state index contributed by atoms with van der Waals surface area (Å²) in [5.74, 6) is -0.497. The van der Waals surface area contributed by atoms with Crippen LogP contribution in [0.2, 0.25) is 0 Å². The first-order chi connectivity index (χ1) is 6.81. The second-order valence-corrected chi connectivity index (χ2v) is 6.09. The number of carbonyl (C=O) groups is 1. The minimum Gasteiger partial charge on any atom is -0.477 e. The normalized spacial score (nSPS) is 13.9. The fraction of sp³-hybridized carbons (Fsp3) is 0.583. The van der Waals surface area contributed by atoms with E-state index in [0.717, 1.165) is 12.0 Å². The number of rotatable bonds is 3. The van der Waals surface area contributed by atoms with Crippen LogP contribution in [0.4, 0.5) is 0 Å². The van der Waals surface area contributed by atoms with Gasteiger partial charge >= 0.3 is 5.97 Å². The van der Waals surface area contributed by atoms with Crippen molar-refractivity contribution in [1.29, 1.82) is 0 Å². The van der Waals surface area contributed by atoms with Gasteiger partial charge < -0.3 is 5.11 Å². The average molecular weight is 226 g/mol. The van der Waals surface area contributed by atoms with E-state index >= 15 is 0 Å². The van der Waals surface area contributed by atoms with Crippen molar-refractivity contribution in [3.63, 3.8) is 0 Å². The lowest BCUT2D eigenvalue weighted by atomic mass is 9.82. The van der Waals surface area contributed by atoms with Crippen LogP contribution in [0.3, 0.4) is 0 Å². The first-order valence-electron chi connectivity index (χ1n) is 5.12. The van der Waals surface area contributed by atoms with Gasteiger partial charge in [0.15, 0.2) is 0 Å². The summed E-state index contributed by atoms with van der Waals surface area (Å²) in [7, 11) is 0. The lowest BCUT2D eigenvalue weighted by Gasteiger charge is -2.23. The maximum absolute atomic E-state index is 11.0. The Morgan fingerprint density at radius 2 is 2.13 bits per heavy atom. The lowest BCUT2D eigenvalue weighted by Crippen LogP contribution is -2.11. The predicted molar refractivity (Wildman–Crippen MR) is 63.8 cm³/mol. The molecular formula is C12H18O2S. The molecule has 2 nitrogen and oxygen atoms in total. The molecule has 0 spiro atoms. The first kappa shape index (κ1) is 12.2. The Hall–Kier alpha value is -0.830. The van der Waals surface area contributed by atoms with E-state index in [9.17, 15) is 4.79 Å². The minimum atomic E-state index is -0.805. The van der Waals surface area contributed by atoms with Gasteiger partial charge in [0.05, 0.1) is 0 Å². The van der Waals surface area contributed by atoms with Crippen molar-refractivity contribution in [2.75, 3.05) is 0 Å². The van der Waals surface area contributed by atoms with Crippen molar-refractivity contribution in [3.05, 3.63) is 21.9 Å². The Balaban J connectivity index is 2.87. The molecule has 1 unspecified atom stereocenters. The smallest absolute Gasteiger partial charge is 0.346 e. The second kappa shape index (κ2) is 4.35. The van der Waals surface area contributed by atoms with Gasteiger partial charge in [-0.3, -0.25) is 0 Å². The third kappa shape index (κ3) is 3.34. The van der Waals surface area contributed by atoms with Gasteiger partial charge in [0.25, 0.3) is 0 Å². The van der Waals surface area contributed by atoms with Crippen LogP contribution in [-0.2, 0) is 0 Å². The van der Waals surface area contributed by atoms with Gasteiger partial charge in [0, 0.05) is 0 Å². The molecular weight excluding hydrogens is 208 g/mol. The Morgan fingerprint density at radius 3 is 2.60 bits per heavy atom. The highest BCUT2D eigenvalue weighted by atomic mass is 32.1. The zero-order valence-electron chi connectivity index (χ0n) is 9.70. The highest BCUT2D eigenvalue weighted by Crippen LogP contribution is 2.34. The quantitative estimate of drug-likeness (QED) is 0.846. The first-order valence-corrected chi connectivity index (χ1v) is 6.00. The van der Waals surface area contributed by atoms with Crippen LogP contribution in [0.15, 0.2) is 11.4 Å². The number of carboxylic acid groups (broad SMARTS) is 1. The van der Waals surface area contributed by atoms with Crippen molar-refractivity contribution >= 4 is 17.3 Å². The standard InChI is InChI=1S/C12H18O2S/c1-8(7-12(2,3)4)9-5-6-15-10(9)11(13)14/h5-6,8H,7H2,1-4H3,(H,13,14). The molecule has 0 aliphatic rings. The highest BCUT2D eigenvalue weighted by molar-refractivity contribution is 7.12. The molecule has 1 aromatic rings. The molecule has 1 heterocycles. The molecule has 0 amide bonds. The average Bonchev–Trinajstić information content (AvgIpc) is 2.47. The third-order valence-corrected chi connectivity index (χ3v) is 3.26. The SMILES string of the molecule is CC(CC(C)(C)C)c1ccsc1C(=O)O. The minimum absolute atomic E-state index is 0.233. The summed E-state index contributed by atoms with van der Waals surface area (Å²) in [6, 6.07) is 1.94. The fourth-order valence-corrected chi connectivity index (χ4v) is 2.77. The van der Waals surface area contributed by atoms with Gasteiger partial charge in [-0.15, -0.1) is 11.3 Å². The van der Waals surface area contributed by atoms with Crippen molar-refractivity contribution in [3.8, 4) is 0 Å². The van der Waals surface area contributed by atoms with Gasteiger partial charge in [0.1, 0.15) is 4.88 Å². The zero-order chi connectivity index (χ0) is 11.6. The van der Waals surface area contributed by atoms with Crippen molar-refractivity contribution < 1.29 is 9.90 Å². The molecule has 84 valence electrons. The van der Waals surface area contributed by atoms with Crippen molar-refractivity contribution in [2.24, 2.45) is 5.41 Å². The Labute approximate surface area is 94.9 Å². The van der Waals surface area contributed by atoms with Gasteiger partial charge in [-0.1, -0.05) is 27.7 Å². The molecule has 1 atom stereocenters. The van der Waals surface area contributed by atoms with E-state index in [4.69, 9.17) is 5.11 Å². The summed E-state index contributed by atoms with van der Waals surface area (Å²) in [6.45, 7) is 8.63. The molecule has 0 fully saturated rings. The molecule has 0 aromatic carbocycles. The monoisotopic (exact) mass is 226 g/mol. The van der Waals surface area contributed by atoms with Crippen molar-refractivity contribution in [2.45, 2.75) is 40.0 Å². The van der Waals surface area contributed by atoms with Gasteiger partial charge in [-0.25, -0.2) is 4.79 Å². The van der Waals surface area contributed by atoms with Crippen LogP contribution in [0, 0.1) is 5.41 Å². The topological polar surface area (TPSA) is 37.3 Å². The summed E-state index contributed by atoms with van der Waals surface area (Å²) in [5.41, 5.74) is 1.21. The summed E-state index contributed by atoms with van der Waals surface area (Å²) < 4.78 is 0. The highest BCUT2D eigenvalue weighted by Gasteiger charge is 2.21. The van der Waals surface area contributed by atoms with Gasteiger partial charge in [-0.05, 0) is 34.8 Å². The Kier molecular flexibility index (Phi) is 3.55. The number of thiophene rings is 1. The maximum Gasteiger partial charge on any atom is 0.346 e. The second-order valence-electron chi connectivity index (χ2n) is 5.18. The van der Waals surface area contributed by atoms with E-state index in [1.807, 2.05) is 11.4 Å². The van der Waals surface area contributed by atoms with E-state index in [1.165, 1.54) is 11.3 Å². The fourth-order valence-electron chi connectivity index (χ4n) is 1.91. The van der Waals surface area contributed by atoms with E-state index < -0.39 is 5.97 Å². The predicted octanol–water partition coefficient (Wildman–Crippen LogP) is 3.99. The Bertz CT molecular complexity index is 347. The molecule has 0 bridgehead atoms. The molecule has 0 radical (unpaired) electrons. The van der Waals surface area contributed by atoms with Gasteiger partial charge in [-0.2, -0.15) is 0 Å². The number of hydrogen-bond acceptors (Lipinski definition) is 2. The summed E-state index contributed by atoms with van der Waals surface area (Å²) >= 11 is 1.31. The molecule has 1 rings (SSSR count). The molecule has 1 aromatic heterocycles. The summed E-state index contributed by atoms with van der Waals surface area (Å²) in [6.07, 6.45) is 1.00. The number of aromatic carboxylic acids is 1. The van der Waals surface area contributed by atoms with Gasteiger partial charge in [0.2, 0.25) is 0 Å². The van der Waals surface area contributed by atoms with Crippen LogP contribution < -0.4 is 0 Å². The van der Waals surface area contributed by atoms with Crippen molar-refractivity contribution in [1.82, 2.24) is 0 Å². The van der Waals surface area contributed by atoms with E-state index in [2.05, 4.69) is 27.7 Å². The van der Waals surface area contributed by atoms with Crippen LogP contribution in [0.5, 0.6) is 0 Å². The number of carboxylic acids is 1. The van der Waals surface area contributed by atoms with Crippen LogP contribution in [-0.4, -0.2) is 11.1 Å². The van der Waals surface area contributed by atoms with Crippen LogP contribution in [0.1, 0.15) is 55.3 Å². The summed E-state index contributed by atoms with van der Waals surface area (Å²) in [5, 5.41) is 10.9. The summed E-state index contributed by atoms with van der Waals surface area (Å²) in [4.78, 5) is 11.5. The zero-order valence-corrected chi connectivity index (χ0v) is 10.5. The lowest BCUT2D eigenvalue weighted by molar-refractivity contribution is 0.0700. The molecule has 0 aliphatic carbocycles.